The smallest absolute Gasteiger partial charge is 0.270 e. The molecule has 1 aromatic heterocycles. The maximum absolute atomic E-state index is 11.8. The summed E-state index contributed by atoms with van der Waals surface area (Å²) in [5.41, 5.74) is 1.78. The molecule has 0 atom stereocenters. The number of hydrogen-bond donors (Lipinski definition) is 1. The van der Waals surface area contributed by atoms with Crippen LogP contribution in [-0.2, 0) is 6.54 Å². The minimum absolute atomic E-state index is 0.279. The molecular formula is C14H10ClN3O. The highest BCUT2D eigenvalue weighted by Crippen LogP contribution is 2.06. The van der Waals surface area contributed by atoms with Gasteiger partial charge in [0.05, 0.1) is 11.6 Å². The molecule has 0 fully saturated rings. The summed E-state index contributed by atoms with van der Waals surface area (Å²) in [7, 11) is 0. The van der Waals surface area contributed by atoms with Crippen LogP contribution in [0.3, 0.4) is 0 Å². The van der Waals surface area contributed by atoms with Crippen LogP contribution in [0.15, 0.2) is 42.5 Å². The first-order valence-electron chi connectivity index (χ1n) is 5.59. The second-order valence-electron chi connectivity index (χ2n) is 3.84. The van der Waals surface area contributed by atoms with Crippen molar-refractivity contribution in [2.75, 3.05) is 0 Å². The number of nitrogens with one attached hydrogen (secondary N) is 1. The lowest BCUT2D eigenvalue weighted by Crippen LogP contribution is -2.23. The third kappa shape index (κ3) is 3.54. The van der Waals surface area contributed by atoms with Gasteiger partial charge in [0.1, 0.15) is 10.8 Å². The standard InChI is InChI=1S/C14H10ClN3O/c15-13-3-1-2-12(18-13)14(19)17-9-11-6-4-10(8-16)5-7-11/h1-7H,9H2,(H,17,19). The van der Waals surface area contributed by atoms with Crippen LogP contribution in [0.5, 0.6) is 0 Å². The van der Waals surface area contributed by atoms with Crippen molar-refractivity contribution in [1.82, 2.24) is 10.3 Å². The minimum Gasteiger partial charge on any atom is -0.347 e. The Balaban J connectivity index is 1.98. The van der Waals surface area contributed by atoms with Gasteiger partial charge in [0, 0.05) is 6.54 Å². The van der Waals surface area contributed by atoms with Crippen LogP contribution >= 0.6 is 11.6 Å². The van der Waals surface area contributed by atoms with Gasteiger partial charge in [0.2, 0.25) is 0 Å². The molecule has 0 spiro atoms. The van der Waals surface area contributed by atoms with Crippen LogP contribution in [0.25, 0.3) is 0 Å². The maximum Gasteiger partial charge on any atom is 0.270 e. The van der Waals surface area contributed by atoms with Crippen LogP contribution in [0, 0.1) is 11.3 Å². The summed E-state index contributed by atoms with van der Waals surface area (Å²) in [5.74, 6) is -0.285. The van der Waals surface area contributed by atoms with E-state index in [-0.39, 0.29) is 16.8 Å². The fraction of sp³-hybridized carbons (Fsp3) is 0.0714. The Kier molecular flexibility index (Phi) is 4.11. The highest BCUT2D eigenvalue weighted by molar-refractivity contribution is 6.29. The van der Waals surface area contributed by atoms with Gasteiger partial charge in [-0.2, -0.15) is 5.26 Å². The van der Waals surface area contributed by atoms with Crippen molar-refractivity contribution < 1.29 is 4.79 Å². The van der Waals surface area contributed by atoms with Crippen LogP contribution in [-0.4, -0.2) is 10.9 Å². The summed E-state index contributed by atoms with van der Waals surface area (Å²) < 4.78 is 0. The van der Waals surface area contributed by atoms with Crippen molar-refractivity contribution in [3.05, 3.63) is 64.4 Å². The monoisotopic (exact) mass is 271 g/mol. The van der Waals surface area contributed by atoms with Gasteiger partial charge >= 0.3 is 0 Å². The molecule has 0 aliphatic carbocycles. The summed E-state index contributed by atoms with van der Waals surface area (Å²) in [6.45, 7) is 0.374. The van der Waals surface area contributed by atoms with Gasteiger partial charge < -0.3 is 5.32 Å². The van der Waals surface area contributed by atoms with Gasteiger partial charge in [0.15, 0.2) is 0 Å². The number of halogens is 1. The molecule has 1 amide bonds. The number of pyridine rings is 1. The first-order chi connectivity index (χ1) is 9.19. The molecule has 0 saturated carbocycles. The van der Waals surface area contributed by atoms with Crippen molar-refractivity contribution in [3.63, 3.8) is 0 Å². The van der Waals surface area contributed by atoms with Crippen molar-refractivity contribution in [2.24, 2.45) is 0 Å². The Bertz CT molecular complexity index is 632. The van der Waals surface area contributed by atoms with E-state index >= 15 is 0 Å². The second kappa shape index (κ2) is 5.98. The van der Waals surface area contributed by atoms with Crippen molar-refractivity contribution >= 4 is 17.5 Å². The lowest BCUT2D eigenvalue weighted by atomic mass is 10.1. The van der Waals surface area contributed by atoms with E-state index in [1.54, 1.807) is 42.5 Å². The number of aromatic nitrogens is 1. The van der Waals surface area contributed by atoms with Gasteiger partial charge in [-0.25, -0.2) is 4.98 Å². The van der Waals surface area contributed by atoms with Gasteiger partial charge in [-0.15, -0.1) is 0 Å². The summed E-state index contributed by atoms with van der Waals surface area (Å²) in [6.07, 6.45) is 0. The average molecular weight is 272 g/mol. The largest absolute Gasteiger partial charge is 0.347 e. The zero-order valence-electron chi connectivity index (χ0n) is 9.93. The van der Waals surface area contributed by atoms with Crippen LogP contribution in [0.2, 0.25) is 5.15 Å². The van der Waals surface area contributed by atoms with Gasteiger partial charge in [-0.05, 0) is 29.8 Å². The molecule has 2 rings (SSSR count). The molecule has 0 saturated heterocycles. The lowest BCUT2D eigenvalue weighted by Gasteiger charge is -2.05. The molecule has 94 valence electrons. The number of rotatable bonds is 3. The van der Waals surface area contributed by atoms with Gasteiger partial charge in [-0.1, -0.05) is 29.8 Å². The van der Waals surface area contributed by atoms with Gasteiger partial charge in [-0.3, -0.25) is 4.79 Å². The molecule has 0 radical (unpaired) electrons. The van der Waals surface area contributed by atoms with E-state index in [0.717, 1.165) is 5.56 Å². The molecule has 0 aliphatic rings. The highest BCUT2D eigenvalue weighted by Gasteiger charge is 2.06. The molecule has 19 heavy (non-hydrogen) atoms. The predicted molar refractivity (Wildman–Crippen MR) is 71.6 cm³/mol. The SMILES string of the molecule is N#Cc1ccc(CNC(=O)c2cccc(Cl)n2)cc1. The number of nitrogens with zero attached hydrogens (tertiary/aromatic N) is 2. The molecular weight excluding hydrogens is 262 g/mol. The molecule has 0 bridgehead atoms. The number of benzene rings is 1. The third-order valence-electron chi connectivity index (χ3n) is 2.48. The topological polar surface area (TPSA) is 65.8 Å². The van der Waals surface area contributed by atoms with Crippen molar-refractivity contribution in [2.45, 2.75) is 6.54 Å². The van der Waals surface area contributed by atoms with E-state index in [1.165, 1.54) is 0 Å². The highest BCUT2D eigenvalue weighted by atomic mass is 35.5. The van der Waals surface area contributed by atoms with E-state index < -0.39 is 0 Å². The molecule has 0 aliphatic heterocycles. The third-order valence-corrected chi connectivity index (χ3v) is 2.69. The fourth-order valence-electron chi connectivity index (χ4n) is 1.50. The first-order valence-corrected chi connectivity index (χ1v) is 5.96. The number of carbonyl (C=O) groups is 1. The summed E-state index contributed by atoms with van der Waals surface area (Å²) in [6, 6.07) is 13.9. The number of hydrogen-bond acceptors (Lipinski definition) is 3. The average Bonchev–Trinajstić information content (AvgIpc) is 2.45. The van der Waals surface area contributed by atoms with E-state index in [0.29, 0.717) is 12.1 Å². The van der Waals surface area contributed by atoms with Crippen LogP contribution in [0.4, 0.5) is 0 Å². The minimum atomic E-state index is -0.285. The first kappa shape index (κ1) is 13.1. The van der Waals surface area contributed by atoms with E-state index in [1.807, 2.05) is 6.07 Å². The quantitative estimate of drug-likeness (QED) is 0.873. The predicted octanol–water partition coefficient (Wildman–Crippen LogP) is 2.54. The van der Waals surface area contributed by atoms with E-state index in [9.17, 15) is 4.79 Å². The van der Waals surface area contributed by atoms with Crippen molar-refractivity contribution in [1.29, 1.82) is 5.26 Å². The van der Waals surface area contributed by atoms with Crippen molar-refractivity contribution in [3.8, 4) is 6.07 Å². The fourth-order valence-corrected chi connectivity index (χ4v) is 1.67. The summed E-state index contributed by atoms with van der Waals surface area (Å²) in [4.78, 5) is 15.7. The zero-order chi connectivity index (χ0) is 13.7. The molecule has 5 heteroatoms. The number of amides is 1. The maximum atomic E-state index is 11.8. The molecule has 1 heterocycles. The molecule has 2 aromatic rings. The summed E-state index contributed by atoms with van der Waals surface area (Å²) >= 11 is 5.72. The van der Waals surface area contributed by atoms with Crippen LogP contribution in [0.1, 0.15) is 21.6 Å². The summed E-state index contributed by atoms with van der Waals surface area (Å²) in [5, 5.41) is 11.7. The lowest BCUT2D eigenvalue weighted by molar-refractivity contribution is 0.0946. The number of nitriles is 1. The van der Waals surface area contributed by atoms with Crippen LogP contribution < -0.4 is 5.32 Å². The Morgan fingerprint density at radius 2 is 2.00 bits per heavy atom. The molecule has 1 N–H and O–H groups in total. The van der Waals surface area contributed by atoms with Gasteiger partial charge in [0.25, 0.3) is 5.91 Å². The Labute approximate surface area is 115 Å². The molecule has 4 nitrogen and oxygen atoms in total. The zero-order valence-corrected chi connectivity index (χ0v) is 10.7. The Morgan fingerprint density at radius 1 is 1.26 bits per heavy atom. The molecule has 1 aromatic carbocycles. The Morgan fingerprint density at radius 3 is 2.63 bits per heavy atom. The number of carbonyl (C=O) groups excluding carboxylic acids is 1. The van der Waals surface area contributed by atoms with E-state index in [2.05, 4.69) is 10.3 Å². The second-order valence-corrected chi connectivity index (χ2v) is 4.22. The normalized spacial score (nSPS) is 9.68. The van der Waals surface area contributed by atoms with E-state index in [4.69, 9.17) is 16.9 Å². The molecule has 0 unspecified atom stereocenters. The Hall–Kier alpha value is -2.38.